The van der Waals surface area contributed by atoms with Crippen LogP contribution in [0.5, 0.6) is 0 Å². The number of carbonyl (C=O) groups excluding carboxylic acids is 2. The van der Waals surface area contributed by atoms with Gasteiger partial charge in [0.15, 0.2) is 0 Å². The van der Waals surface area contributed by atoms with E-state index in [1.54, 1.807) is 17.3 Å². The zero-order chi connectivity index (χ0) is 17.6. The van der Waals surface area contributed by atoms with Crippen molar-refractivity contribution in [2.75, 3.05) is 26.2 Å². The summed E-state index contributed by atoms with van der Waals surface area (Å²) in [6.07, 6.45) is 9.15. The standard InChI is InChI=1S/C19H28N4O2/c1-15(17-8-5-9-20-14-17)21-19(25)23-12-10-22(11-13-23)18(24)16-6-3-2-4-7-16/h5,8-9,14-16H,2-4,6-7,10-13H2,1H3,(H,21,25). The van der Waals surface area contributed by atoms with Crippen LogP contribution in [0, 0.1) is 5.92 Å². The minimum absolute atomic E-state index is 0.0684. The summed E-state index contributed by atoms with van der Waals surface area (Å²) < 4.78 is 0. The van der Waals surface area contributed by atoms with Gasteiger partial charge >= 0.3 is 6.03 Å². The van der Waals surface area contributed by atoms with Crippen LogP contribution in [0.1, 0.15) is 50.6 Å². The molecule has 0 spiro atoms. The topological polar surface area (TPSA) is 65.5 Å². The lowest BCUT2D eigenvalue weighted by atomic mass is 9.88. The molecule has 2 fully saturated rings. The van der Waals surface area contributed by atoms with E-state index in [0.29, 0.717) is 32.1 Å². The molecule has 136 valence electrons. The van der Waals surface area contributed by atoms with Gasteiger partial charge < -0.3 is 15.1 Å². The average molecular weight is 344 g/mol. The molecule has 1 aromatic heterocycles. The molecule has 6 nitrogen and oxygen atoms in total. The number of urea groups is 1. The summed E-state index contributed by atoms with van der Waals surface area (Å²) in [5.41, 5.74) is 0.988. The van der Waals surface area contributed by atoms with Gasteiger partial charge in [0.05, 0.1) is 6.04 Å². The molecule has 1 saturated heterocycles. The molecule has 2 heterocycles. The van der Waals surface area contributed by atoms with Crippen molar-refractivity contribution in [3.8, 4) is 0 Å². The van der Waals surface area contributed by atoms with Crippen molar-refractivity contribution in [2.24, 2.45) is 5.92 Å². The van der Waals surface area contributed by atoms with Crippen molar-refractivity contribution in [2.45, 2.75) is 45.1 Å². The number of aromatic nitrogens is 1. The van der Waals surface area contributed by atoms with Crippen LogP contribution in [0.15, 0.2) is 24.5 Å². The molecule has 3 amide bonds. The molecule has 1 saturated carbocycles. The van der Waals surface area contributed by atoms with E-state index in [2.05, 4.69) is 10.3 Å². The lowest BCUT2D eigenvalue weighted by Crippen LogP contribution is -2.54. The molecule has 0 aromatic carbocycles. The Morgan fingerprint density at radius 1 is 1.12 bits per heavy atom. The van der Waals surface area contributed by atoms with Crippen LogP contribution in [0.4, 0.5) is 4.79 Å². The Labute approximate surface area is 149 Å². The largest absolute Gasteiger partial charge is 0.339 e. The fourth-order valence-corrected chi connectivity index (χ4v) is 3.73. The van der Waals surface area contributed by atoms with Crippen molar-refractivity contribution in [3.63, 3.8) is 0 Å². The van der Waals surface area contributed by atoms with Crippen LogP contribution in [0.3, 0.4) is 0 Å². The SMILES string of the molecule is CC(NC(=O)N1CCN(C(=O)C2CCCCC2)CC1)c1cccnc1. The first-order valence-corrected chi connectivity index (χ1v) is 9.39. The molecular formula is C19H28N4O2. The van der Waals surface area contributed by atoms with Gasteiger partial charge in [-0.2, -0.15) is 0 Å². The number of rotatable bonds is 3. The van der Waals surface area contributed by atoms with Crippen LogP contribution in [-0.4, -0.2) is 52.9 Å². The number of nitrogens with one attached hydrogen (secondary N) is 1. The van der Waals surface area contributed by atoms with Gasteiger partial charge in [-0.25, -0.2) is 4.79 Å². The first kappa shape index (κ1) is 17.7. The molecule has 3 rings (SSSR count). The average Bonchev–Trinajstić information content (AvgIpc) is 2.69. The molecule has 0 radical (unpaired) electrons. The smallest absolute Gasteiger partial charge is 0.317 e. The highest BCUT2D eigenvalue weighted by Crippen LogP contribution is 2.25. The van der Waals surface area contributed by atoms with Crippen LogP contribution in [0.25, 0.3) is 0 Å². The fraction of sp³-hybridized carbons (Fsp3) is 0.632. The molecule has 1 atom stereocenters. The quantitative estimate of drug-likeness (QED) is 0.916. The summed E-state index contributed by atoms with van der Waals surface area (Å²) >= 11 is 0. The summed E-state index contributed by atoms with van der Waals surface area (Å²) in [4.78, 5) is 32.9. The Morgan fingerprint density at radius 3 is 2.44 bits per heavy atom. The monoisotopic (exact) mass is 344 g/mol. The van der Waals surface area contributed by atoms with E-state index in [1.165, 1.54) is 19.3 Å². The fourth-order valence-electron chi connectivity index (χ4n) is 3.73. The van der Waals surface area contributed by atoms with E-state index in [1.807, 2.05) is 24.0 Å². The molecule has 25 heavy (non-hydrogen) atoms. The van der Waals surface area contributed by atoms with Crippen molar-refractivity contribution >= 4 is 11.9 Å². The van der Waals surface area contributed by atoms with E-state index in [4.69, 9.17) is 0 Å². The first-order chi connectivity index (χ1) is 12.1. The van der Waals surface area contributed by atoms with Crippen LogP contribution in [-0.2, 0) is 4.79 Å². The molecule has 1 unspecified atom stereocenters. The second-order valence-electron chi connectivity index (χ2n) is 7.10. The minimum Gasteiger partial charge on any atom is -0.339 e. The second-order valence-corrected chi connectivity index (χ2v) is 7.10. The minimum atomic E-state index is -0.0805. The van der Waals surface area contributed by atoms with Crippen LogP contribution in [0.2, 0.25) is 0 Å². The summed E-state index contributed by atoms with van der Waals surface area (Å²) in [7, 11) is 0. The van der Waals surface area contributed by atoms with Crippen molar-refractivity contribution in [1.29, 1.82) is 0 Å². The molecule has 1 aromatic rings. The maximum atomic E-state index is 12.6. The van der Waals surface area contributed by atoms with E-state index >= 15 is 0 Å². The Balaban J connectivity index is 1.46. The lowest BCUT2D eigenvalue weighted by Gasteiger charge is -2.37. The molecule has 6 heteroatoms. The Morgan fingerprint density at radius 2 is 1.80 bits per heavy atom. The van der Waals surface area contributed by atoms with Crippen molar-refractivity contribution < 1.29 is 9.59 Å². The Kier molecular flexibility index (Phi) is 5.89. The third-order valence-corrected chi connectivity index (χ3v) is 5.36. The highest BCUT2D eigenvalue weighted by molar-refractivity contribution is 5.80. The highest BCUT2D eigenvalue weighted by atomic mass is 16.2. The third-order valence-electron chi connectivity index (χ3n) is 5.36. The molecule has 1 N–H and O–H groups in total. The van der Waals surface area contributed by atoms with E-state index in [0.717, 1.165) is 18.4 Å². The number of hydrogen-bond donors (Lipinski definition) is 1. The van der Waals surface area contributed by atoms with Crippen molar-refractivity contribution in [1.82, 2.24) is 20.1 Å². The molecule has 1 aliphatic carbocycles. The number of pyridine rings is 1. The van der Waals surface area contributed by atoms with Crippen molar-refractivity contribution in [3.05, 3.63) is 30.1 Å². The third kappa shape index (κ3) is 4.50. The number of hydrogen-bond acceptors (Lipinski definition) is 3. The summed E-state index contributed by atoms with van der Waals surface area (Å²) in [5.74, 6) is 0.503. The van der Waals surface area contributed by atoms with Gasteiger partial charge in [0.1, 0.15) is 0 Å². The summed E-state index contributed by atoms with van der Waals surface area (Å²) in [5, 5.41) is 3.02. The normalized spacial score (nSPS) is 20.2. The van der Waals surface area contributed by atoms with Gasteiger partial charge in [-0.15, -0.1) is 0 Å². The van der Waals surface area contributed by atoms with E-state index in [-0.39, 0.29) is 18.0 Å². The Hall–Kier alpha value is -2.11. The Bertz CT molecular complexity index is 578. The predicted molar refractivity (Wildman–Crippen MR) is 95.9 cm³/mol. The molecule has 2 aliphatic rings. The van der Waals surface area contributed by atoms with Gasteiger partial charge in [0, 0.05) is 44.5 Å². The number of piperazine rings is 1. The zero-order valence-corrected chi connectivity index (χ0v) is 15.0. The summed E-state index contributed by atoms with van der Waals surface area (Å²) in [6, 6.07) is 3.68. The second kappa shape index (κ2) is 8.32. The van der Waals surface area contributed by atoms with Gasteiger partial charge in [-0.1, -0.05) is 25.3 Å². The number of amides is 3. The molecule has 0 bridgehead atoms. The van der Waals surface area contributed by atoms with Gasteiger partial charge in [-0.05, 0) is 31.4 Å². The zero-order valence-electron chi connectivity index (χ0n) is 15.0. The summed E-state index contributed by atoms with van der Waals surface area (Å²) in [6.45, 7) is 4.44. The predicted octanol–water partition coefficient (Wildman–Crippen LogP) is 2.58. The van der Waals surface area contributed by atoms with Crippen LogP contribution >= 0.6 is 0 Å². The number of nitrogens with zero attached hydrogens (tertiary/aromatic N) is 3. The maximum absolute atomic E-state index is 12.6. The van der Waals surface area contributed by atoms with Crippen LogP contribution < -0.4 is 5.32 Å². The first-order valence-electron chi connectivity index (χ1n) is 9.39. The molecular weight excluding hydrogens is 316 g/mol. The molecule has 1 aliphatic heterocycles. The van der Waals surface area contributed by atoms with E-state index < -0.39 is 0 Å². The van der Waals surface area contributed by atoms with Gasteiger partial charge in [-0.3, -0.25) is 9.78 Å². The maximum Gasteiger partial charge on any atom is 0.317 e. The van der Waals surface area contributed by atoms with Gasteiger partial charge in [0.25, 0.3) is 0 Å². The highest BCUT2D eigenvalue weighted by Gasteiger charge is 2.29. The van der Waals surface area contributed by atoms with E-state index in [9.17, 15) is 9.59 Å². The lowest BCUT2D eigenvalue weighted by molar-refractivity contribution is -0.138. The van der Waals surface area contributed by atoms with Gasteiger partial charge in [0.2, 0.25) is 5.91 Å². The number of carbonyl (C=O) groups is 2.